The van der Waals surface area contributed by atoms with E-state index < -0.39 is 0 Å². The lowest BCUT2D eigenvalue weighted by molar-refractivity contribution is -0.110. The van der Waals surface area contributed by atoms with Crippen LogP contribution in [0.15, 0.2) is 72.9 Å². The molecule has 2 unspecified atom stereocenters. The molecule has 0 aliphatic carbocycles. The van der Waals surface area contributed by atoms with Crippen molar-refractivity contribution in [3.63, 3.8) is 0 Å². The van der Waals surface area contributed by atoms with Crippen LogP contribution in [0.5, 0.6) is 5.75 Å². The van der Waals surface area contributed by atoms with Crippen LogP contribution in [0.3, 0.4) is 0 Å². The smallest absolute Gasteiger partial charge is 0.155 e. The van der Waals surface area contributed by atoms with Crippen LogP contribution in [0, 0.1) is 0 Å². The molecule has 0 radical (unpaired) electrons. The van der Waals surface area contributed by atoms with Gasteiger partial charge in [0.05, 0.1) is 22.9 Å². The summed E-state index contributed by atoms with van der Waals surface area (Å²) in [7, 11) is 0.0796. The summed E-state index contributed by atoms with van der Waals surface area (Å²) >= 11 is 0. The summed E-state index contributed by atoms with van der Waals surface area (Å²) in [6, 6.07) is 23.2. The molecule has 0 saturated carbocycles. The highest BCUT2D eigenvalue weighted by atomic mass is 31.1. The average Bonchev–Trinajstić information content (AvgIpc) is 3.57. The topological polar surface area (TPSA) is 101 Å². The van der Waals surface area contributed by atoms with Gasteiger partial charge in [-0.1, -0.05) is 36.4 Å². The number of ether oxygens (including phenoxy) is 1. The van der Waals surface area contributed by atoms with Crippen LogP contribution in [0.1, 0.15) is 19.4 Å². The van der Waals surface area contributed by atoms with E-state index in [1.165, 1.54) is 5.56 Å². The van der Waals surface area contributed by atoms with Crippen LogP contribution in [0.2, 0.25) is 0 Å². The Labute approximate surface area is 233 Å². The third-order valence-corrected chi connectivity index (χ3v) is 8.70. The third-order valence-electron chi connectivity index (χ3n) is 7.03. The van der Waals surface area contributed by atoms with E-state index in [0.29, 0.717) is 12.2 Å². The Kier molecular flexibility index (Phi) is 6.07. The van der Waals surface area contributed by atoms with Crippen molar-refractivity contribution in [1.82, 2.24) is 19.9 Å². The molecule has 196 valence electrons. The van der Waals surface area contributed by atoms with E-state index >= 15 is 0 Å². The molecule has 0 spiro atoms. The molecule has 7 nitrogen and oxygen atoms in total. The molecule has 0 saturated heterocycles. The fraction of sp³-hybridized carbons (Fsp3) is 0.0968. The molecule has 9 heteroatoms. The van der Waals surface area contributed by atoms with E-state index in [9.17, 15) is 9.59 Å². The van der Waals surface area contributed by atoms with Crippen molar-refractivity contribution >= 4 is 61.1 Å². The van der Waals surface area contributed by atoms with E-state index in [1.54, 1.807) is 20.0 Å². The van der Waals surface area contributed by atoms with Crippen LogP contribution in [-0.4, -0.2) is 31.0 Å². The molecular formula is C31H24N4O3P2. The Morgan fingerprint density at radius 2 is 1.55 bits per heavy atom. The number of nitrogens with zero attached hydrogens (tertiary/aromatic N) is 2. The van der Waals surface area contributed by atoms with Gasteiger partial charge < -0.3 is 14.7 Å². The first-order valence-electron chi connectivity index (χ1n) is 12.8. The third kappa shape index (κ3) is 4.52. The second-order valence-electron chi connectivity index (χ2n) is 9.86. The monoisotopic (exact) mass is 562 g/mol. The summed E-state index contributed by atoms with van der Waals surface area (Å²) < 4.78 is 6.35. The summed E-state index contributed by atoms with van der Waals surface area (Å²) in [5, 5.41) is 2.15. The SMILES string of the molecule is CC(=O)Pc1ncc(-c2ccc3c4c(ccc3c2)-c2ccc(-c3ccc5nc(PC(C)=O)[nH]c5c3)cc2CO4)[nH]1. The number of H-pyrrole nitrogens is 2. The van der Waals surface area contributed by atoms with Crippen LogP contribution in [0.25, 0.3) is 55.3 Å². The van der Waals surface area contributed by atoms with Crippen molar-refractivity contribution in [3.05, 3.63) is 78.5 Å². The molecule has 2 aromatic heterocycles. The van der Waals surface area contributed by atoms with E-state index in [2.05, 4.69) is 80.6 Å². The minimum absolute atomic E-state index is 0.0385. The second kappa shape index (κ2) is 9.78. The van der Waals surface area contributed by atoms with Gasteiger partial charge >= 0.3 is 0 Å². The number of hydrogen-bond acceptors (Lipinski definition) is 5. The molecule has 1 aliphatic rings. The lowest BCUT2D eigenvalue weighted by Gasteiger charge is -2.23. The maximum absolute atomic E-state index is 11.5. The fourth-order valence-corrected chi connectivity index (χ4v) is 6.62. The molecule has 6 aromatic rings. The highest BCUT2D eigenvalue weighted by Gasteiger charge is 2.21. The lowest BCUT2D eigenvalue weighted by Crippen LogP contribution is -2.06. The number of carbonyl (C=O) groups excluding carboxylic acids is 2. The highest BCUT2D eigenvalue weighted by molar-refractivity contribution is 7.64. The summed E-state index contributed by atoms with van der Waals surface area (Å²) in [6.07, 6.45) is 1.78. The van der Waals surface area contributed by atoms with Crippen molar-refractivity contribution in [2.24, 2.45) is 0 Å². The predicted octanol–water partition coefficient (Wildman–Crippen LogP) is 6.03. The summed E-state index contributed by atoms with van der Waals surface area (Å²) in [6.45, 7) is 3.65. The molecule has 0 fully saturated rings. The molecule has 4 aromatic carbocycles. The number of aromatic amines is 2. The zero-order chi connectivity index (χ0) is 27.4. The van der Waals surface area contributed by atoms with Crippen LogP contribution in [0.4, 0.5) is 0 Å². The average molecular weight is 563 g/mol. The van der Waals surface area contributed by atoms with Crippen molar-refractivity contribution in [3.8, 4) is 39.3 Å². The molecule has 2 atom stereocenters. The van der Waals surface area contributed by atoms with Gasteiger partial charge in [-0.15, -0.1) is 0 Å². The maximum atomic E-state index is 11.5. The Bertz CT molecular complexity index is 1990. The number of aromatic nitrogens is 4. The van der Waals surface area contributed by atoms with Crippen molar-refractivity contribution in [1.29, 1.82) is 0 Å². The fourth-order valence-electron chi connectivity index (χ4n) is 5.26. The second-order valence-corrected chi connectivity index (χ2v) is 12.7. The Balaban J connectivity index is 1.21. The van der Waals surface area contributed by atoms with Gasteiger partial charge in [0.2, 0.25) is 0 Å². The number of fused-ring (bicyclic) bond motifs is 6. The number of carbonyl (C=O) groups is 2. The summed E-state index contributed by atoms with van der Waals surface area (Å²) in [4.78, 5) is 38.4. The van der Waals surface area contributed by atoms with Gasteiger partial charge in [-0.3, -0.25) is 9.59 Å². The predicted molar refractivity (Wildman–Crippen MR) is 164 cm³/mol. The van der Waals surface area contributed by atoms with Crippen molar-refractivity contribution < 1.29 is 14.3 Å². The minimum Gasteiger partial charge on any atom is -0.488 e. The molecule has 7 rings (SSSR count). The van der Waals surface area contributed by atoms with Crippen LogP contribution < -0.4 is 15.9 Å². The van der Waals surface area contributed by atoms with Crippen LogP contribution in [-0.2, 0) is 16.2 Å². The quantitative estimate of drug-likeness (QED) is 0.241. The van der Waals surface area contributed by atoms with Gasteiger partial charge in [0.25, 0.3) is 0 Å². The number of imidazole rings is 2. The molecule has 0 bridgehead atoms. The Morgan fingerprint density at radius 1 is 0.800 bits per heavy atom. The standard InChI is InChI=1S/C31H24N4O3P2/c1-16(36)39-30-32-14-28(35-30)21-5-8-24-20(12-21)4-9-25-23-7-3-18(11-22(23)15-38-29(24)25)19-6-10-26-27(13-19)34-31(33-26)40-17(2)37/h3-14,39-40H,15H2,1-2H3,(H,32,35)(H,33,34). The number of nitrogens with one attached hydrogen (secondary N) is 2. The van der Waals surface area contributed by atoms with Crippen molar-refractivity contribution in [2.75, 3.05) is 0 Å². The molecule has 0 amide bonds. The first-order valence-corrected chi connectivity index (χ1v) is 14.8. The van der Waals surface area contributed by atoms with Crippen molar-refractivity contribution in [2.45, 2.75) is 20.5 Å². The number of benzene rings is 4. The van der Waals surface area contributed by atoms with Crippen LogP contribution >= 0.6 is 17.2 Å². The zero-order valence-corrected chi connectivity index (χ0v) is 23.8. The van der Waals surface area contributed by atoms with E-state index in [1.807, 2.05) is 6.07 Å². The van der Waals surface area contributed by atoms with Gasteiger partial charge in [0.1, 0.15) is 23.5 Å². The minimum atomic E-state index is 0.0385. The highest BCUT2D eigenvalue weighted by Crippen LogP contribution is 2.44. The molecular weight excluding hydrogens is 538 g/mol. The first kappa shape index (κ1) is 24.8. The molecule has 40 heavy (non-hydrogen) atoms. The maximum Gasteiger partial charge on any atom is 0.155 e. The van der Waals surface area contributed by atoms with Gasteiger partial charge in [-0.25, -0.2) is 9.97 Å². The number of hydrogen-bond donors (Lipinski definition) is 2. The lowest BCUT2D eigenvalue weighted by atomic mass is 9.91. The first-order chi connectivity index (χ1) is 19.4. The van der Waals surface area contributed by atoms with E-state index in [4.69, 9.17) is 4.74 Å². The molecule has 1 aliphatic heterocycles. The molecule has 3 heterocycles. The van der Waals surface area contributed by atoms with Gasteiger partial charge in [-0.05, 0) is 71.8 Å². The van der Waals surface area contributed by atoms with Gasteiger partial charge in [0.15, 0.2) is 11.0 Å². The Hall–Kier alpha value is -4.18. The largest absolute Gasteiger partial charge is 0.488 e. The zero-order valence-electron chi connectivity index (χ0n) is 21.8. The number of rotatable bonds is 6. The summed E-state index contributed by atoms with van der Waals surface area (Å²) in [5.41, 5.74) is 10.9. The Morgan fingerprint density at radius 3 is 2.40 bits per heavy atom. The van der Waals surface area contributed by atoms with E-state index in [-0.39, 0.29) is 28.2 Å². The summed E-state index contributed by atoms with van der Waals surface area (Å²) in [5.74, 6) is 0.894. The normalized spacial score (nSPS) is 12.8. The molecule has 2 N–H and O–H groups in total. The van der Waals surface area contributed by atoms with Gasteiger partial charge in [0, 0.05) is 33.7 Å². The van der Waals surface area contributed by atoms with E-state index in [0.717, 1.165) is 66.6 Å². The van der Waals surface area contributed by atoms with Gasteiger partial charge in [-0.2, -0.15) is 0 Å².